The van der Waals surface area contributed by atoms with Crippen molar-refractivity contribution >= 4 is 39.8 Å². The normalized spacial score (nSPS) is 9.84. The number of rotatable bonds is 6. The van der Waals surface area contributed by atoms with Crippen LogP contribution < -0.4 is 0 Å². The molecule has 0 bridgehead atoms. The number of hydrogen-bond acceptors (Lipinski definition) is 0. The van der Waals surface area contributed by atoms with Gasteiger partial charge in [-0.1, -0.05) is 37.8 Å². The van der Waals surface area contributed by atoms with Crippen LogP contribution in [-0.2, 0) is 17.1 Å². The van der Waals surface area contributed by atoms with Crippen LogP contribution in [0.2, 0.25) is 19.6 Å². The van der Waals surface area contributed by atoms with Gasteiger partial charge < -0.3 is 18.4 Å². The van der Waals surface area contributed by atoms with Crippen molar-refractivity contribution in [1.29, 1.82) is 0 Å². The van der Waals surface area contributed by atoms with Gasteiger partial charge in [0, 0.05) is 0 Å². The maximum Gasteiger partial charge on any atom is 2.00 e. The minimum absolute atomic E-state index is 0. The minimum atomic E-state index is -1.21. The van der Waals surface area contributed by atoms with Crippen LogP contribution in [0.5, 0.6) is 0 Å². The Morgan fingerprint density at radius 1 is 0.645 bits per heavy atom. The Morgan fingerprint density at radius 2 is 0.903 bits per heavy atom. The van der Waals surface area contributed by atoms with Crippen molar-refractivity contribution in [3.63, 3.8) is 0 Å². The molecule has 0 fully saturated rings. The predicted octanol–water partition coefficient (Wildman–Crippen LogP) is 8.01. The first-order chi connectivity index (χ1) is 13.7. The van der Waals surface area contributed by atoms with Gasteiger partial charge >= 0.3 is 17.1 Å². The molecule has 0 atom stereocenters. The third-order valence-corrected chi connectivity index (χ3v) is 9.21. The molecule has 0 spiro atoms. The van der Waals surface area contributed by atoms with Crippen molar-refractivity contribution in [3.8, 4) is 11.5 Å². The summed E-state index contributed by atoms with van der Waals surface area (Å²) < 4.78 is 0. The van der Waals surface area contributed by atoms with Crippen LogP contribution >= 0.6 is 31.7 Å². The first-order valence-corrected chi connectivity index (χ1v) is 23.4. The van der Waals surface area contributed by atoms with Gasteiger partial charge in [0.2, 0.25) is 0 Å². The Balaban J connectivity index is -0.000000156. The zero-order valence-electron chi connectivity index (χ0n) is 21.9. The van der Waals surface area contributed by atoms with E-state index >= 15 is 0 Å². The Bertz CT molecular complexity index is 536. The maximum absolute atomic E-state index is 6.69. The summed E-state index contributed by atoms with van der Waals surface area (Å²) in [4.78, 5) is 0. The molecule has 0 radical (unpaired) electrons. The number of hydrogen-bond donors (Lipinski definition) is 0. The molecule has 0 heterocycles. The Labute approximate surface area is 213 Å². The van der Waals surface area contributed by atoms with Gasteiger partial charge in [0.05, 0.1) is 8.07 Å². The third-order valence-electron chi connectivity index (χ3n) is 3.28. The van der Waals surface area contributed by atoms with Crippen molar-refractivity contribution in [3.05, 3.63) is 48.7 Å². The summed E-state index contributed by atoms with van der Waals surface area (Å²) in [5.74, 6) is 2.28. The standard InChI is InChI=1S/C8H5.2C6H16P2.C5H9Si.Fe/c1-2-8-6-4-3-5-7-8;2*1-7(2)5-6-8(3)4;1-5-6(2,3)4;/h3-7H;2*5-6H2,1-4H3;2-4H3;/q-1;;;-1;+2. The first kappa shape index (κ1) is 39.0. The molecule has 1 rings (SSSR count). The van der Waals surface area contributed by atoms with Crippen molar-refractivity contribution in [2.24, 2.45) is 0 Å². The second-order valence-electron chi connectivity index (χ2n) is 9.08. The van der Waals surface area contributed by atoms with E-state index in [9.17, 15) is 0 Å². The van der Waals surface area contributed by atoms with Crippen LogP contribution in [0, 0.1) is 24.3 Å². The SMILES string of the molecule is CP(C)CCP(C)C.CP(C)CCP(C)C.[C-]#C[Si](C)(C)C.[C-]#Cc1ccccc1.[Fe+2]. The smallest absolute Gasteiger partial charge is 0.701 e. The summed E-state index contributed by atoms with van der Waals surface area (Å²) in [6, 6.07) is 9.37. The maximum atomic E-state index is 6.69. The molecule has 178 valence electrons. The minimum Gasteiger partial charge on any atom is -0.701 e. The van der Waals surface area contributed by atoms with Gasteiger partial charge in [0.15, 0.2) is 0 Å². The molecular formula is C25H46FeP4Si. The topological polar surface area (TPSA) is 0 Å². The molecule has 0 aromatic heterocycles. The molecule has 0 saturated carbocycles. The van der Waals surface area contributed by atoms with E-state index in [-0.39, 0.29) is 17.1 Å². The predicted molar refractivity (Wildman–Crippen MR) is 158 cm³/mol. The number of benzene rings is 1. The van der Waals surface area contributed by atoms with Crippen LogP contribution in [0.1, 0.15) is 5.56 Å². The van der Waals surface area contributed by atoms with E-state index < -0.39 is 8.07 Å². The van der Waals surface area contributed by atoms with Crippen molar-refractivity contribution in [2.45, 2.75) is 19.6 Å². The summed E-state index contributed by atoms with van der Waals surface area (Å²) in [7, 11) is 0.318. The zero-order valence-corrected chi connectivity index (χ0v) is 27.5. The largest absolute Gasteiger partial charge is 2.00 e. The molecular weight excluding hydrogens is 508 g/mol. The molecule has 1 aromatic carbocycles. The summed E-state index contributed by atoms with van der Waals surface area (Å²) in [6.45, 7) is 25.1. The molecule has 0 aliphatic heterocycles. The van der Waals surface area contributed by atoms with E-state index in [1.807, 2.05) is 30.3 Å². The summed E-state index contributed by atoms with van der Waals surface area (Å²) in [6.07, 6.45) is 19.3. The zero-order chi connectivity index (χ0) is 24.2. The van der Waals surface area contributed by atoms with Crippen molar-refractivity contribution in [1.82, 2.24) is 0 Å². The van der Waals surface area contributed by atoms with Crippen molar-refractivity contribution in [2.75, 3.05) is 78.0 Å². The van der Waals surface area contributed by atoms with E-state index in [1.165, 1.54) is 24.6 Å². The van der Waals surface area contributed by atoms with Gasteiger partial charge in [-0.15, -0.1) is 49.4 Å². The van der Waals surface area contributed by atoms with Crippen LogP contribution in [-0.4, -0.2) is 86.0 Å². The first-order valence-electron chi connectivity index (χ1n) is 10.3. The van der Waals surface area contributed by atoms with Crippen LogP contribution in [0.15, 0.2) is 30.3 Å². The molecule has 6 heteroatoms. The second-order valence-corrected chi connectivity index (χ2v) is 24.3. The fourth-order valence-electron chi connectivity index (χ4n) is 1.32. The van der Waals surface area contributed by atoms with Gasteiger partial charge in [0.1, 0.15) is 0 Å². The van der Waals surface area contributed by atoms with Gasteiger partial charge in [-0.3, -0.25) is 5.92 Å². The van der Waals surface area contributed by atoms with Gasteiger partial charge in [0.25, 0.3) is 0 Å². The van der Waals surface area contributed by atoms with E-state index in [0.717, 1.165) is 5.56 Å². The third kappa shape index (κ3) is 45.1. The molecule has 0 unspecified atom stereocenters. The van der Waals surface area contributed by atoms with E-state index in [1.54, 1.807) is 0 Å². The fraction of sp³-hybridized carbons (Fsp3) is 0.600. The molecule has 0 amide bonds. The van der Waals surface area contributed by atoms with Crippen LogP contribution in [0.3, 0.4) is 0 Å². The molecule has 0 aliphatic rings. The molecule has 1 aromatic rings. The monoisotopic (exact) mass is 554 g/mol. The fourth-order valence-corrected chi connectivity index (χ4v) is 7.72. The molecule has 0 nitrogen and oxygen atoms in total. The van der Waals surface area contributed by atoms with E-state index in [0.29, 0.717) is 31.7 Å². The average molecular weight is 554 g/mol. The second kappa shape index (κ2) is 25.4. The van der Waals surface area contributed by atoms with Gasteiger partial charge in [-0.05, 0) is 78.0 Å². The van der Waals surface area contributed by atoms with Gasteiger partial charge in [-0.25, -0.2) is 0 Å². The summed E-state index contributed by atoms with van der Waals surface area (Å²) in [5, 5.41) is 0. The van der Waals surface area contributed by atoms with E-state index in [2.05, 4.69) is 84.4 Å². The Hall–Kier alpha value is 0.796. The summed E-state index contributed by atoms with van der Waals surface area (Å²) >= 11 is 0. The quantitative estimate of drug-likeness (QED) is 0.145. The Kier molecular flexibility index (Phi) is 32.0. The van der Waals surface area contributed by atoms with Crippen LogP contribution in [0.25, 0.3) is 0 Å². The average Bonchev–Trinajstić information content (AvgIpc) is 2.66. The molecule has 0 aliphatic carbocycles. The van der Waals surface area contributed by atoms with E-state index in [4.69, 9.17) is 12.8 Å². The van der Waals surface area contributed by atoms with Crippen LogP contribution in [0.4, 0.5) is 0 Å². The molecule has 0 N–H and O–H groups in total. The summed E-state index contributed by atoms with van der Waals surface area (Å²) in [5.41, 5.74) is 3.32. The Morgan fingerprint density at radius 3 is 1.03 bits per heavy atom. The van der Waals surface area contributed by atoms with Gasteiger partial charge in [-0.2, -0.15) is 0 Å². The van der Waals surface area contributed by atoms with Crippen molar-refractivity contribution < 1.29 is 17.1 Å². The molecule has 31 heavy (non-hydrogen) atoms. The molecule has 0 saturated heterocycles.